The van der Waals surface area contributed by atoms with Crippen LogP contribution in [0.2, 0.25) is 0 Å². The zero-order valence-corrected chi connectivity index (χ0v) is 21.6. The molecule has 4 atom stereocenters. The first-order valence-corrected chi connectivity index (χ1v) is 11.2. The van der Waals surface area contributed by atoms with Crippen LogP contribution in [-0.4, -0.2) is 40.8 Å². The van der Waals surface area contributed by atoms with Crippen molar-refractivity contribution in [3.63, 3.8) is 0 Å². The molecule has 0 saturated carbocycles. The van der Waals surface area contributed by atoms with E-state index in [-0.39, 0.29) is 41.9 Å². The van der Waals surface area contributed by atoms with Crippen LogP contribution in [0.5, 0.6) is 0 Å². The molecule has 1 aliphatic rings. The van der Waals surface area contributed by atoms with E-state index in [0.717, 1.165) is 16.7 Å². The molecule has 1 saturated heterocycles. The van der Waals surface area contributed by atoms with Crippen LogP contribution in [0, 0.1) is 0 Å². The number of hydrogen-bond donors (Lipinski definition) is 2. The molecule has 3 aromatic carbocycles. The first kappa shape index (κ1) is 26.6. The molecule has 4 rings (SSSR count). The summed E-state index contributed by atoms with van der Waals surface area (Å²) in [6, 6.07) is 25.4. The van der Waals surface area contributed by atoms with Gasteiger partial charge in [-0.05, 0) is 16.7 Å². The largest absolute Gasteiger partial charge is 1.00 e. The predicted molar refractivity (Wildman–Crippen MR) is 125 cm³/mol. The predicted octanol–water partition coefficient (Wildman–Crippen LogP) is -1.96. The molecule has 2 N–H and O–H groups in total. The maximum atomic E-state index is 13.1. The molecule has 1 heterocycles. The zero-order valence-electron chi connectivity index (χ0n) is 19.6. The van der Waals surface area contributed by atoms with Crippen LogP contribution in [-0.2, 0) is 33.9 Å². The molecule has 1 unspecified atom stereocenters. The average molecular weight is 480 g/mol. The molecular formula is C27H26N3NaO4. The topological polar surface area (TPSA) is 101 Å². The van der Waals surface area contributed by atoms with Crippen LogP contribution in [0.3, 0.4) is 0 Å². The van der Waals surface area contributed by atoms with Gasteiger partial charge in [0, 0.05) is 19.5 Å². The van der Waals surface area contributed by atoms with Crippen molar-refractivity contribution in [2.24, 2.45) is 0 Å². The monoisotopic (exact) mass is 479 g/mol. The Hall–Kier alpha value is -2.97. The number of aliphatic carboxylic acids is 1. The number of carboxylic acids is 1. The fraction of sp³-hybridized carbons (Fsp3) is 0.222. The molecule has 0 bridgehead atoms. The van der Waals surface area contributed by atoms with Crippen LogP contribution in [0.1, 0.15) is 16.7 Å². The first-order chi connectivity index (χ1) is 16.5. The standard InChI is InChI=1S/C27H27N3O4.Na/c31-25(28-17-20-12-6-2-7-13-20)22(16-19-10-4-1-5-11-19)29-26(32)23-24(27(33)34)30(23)18-21-14-8-3-9-15-21;/h1-15,22-24H,16-18H2,(H,28,31)(H,29,32)(H,33,34);/q;+1/p-1/t22-,23-,24-,30?;/m0./s1. The minimum Gasteiger partial charge on any atom is -0.548 e. The average Bonchev–Trinajstić information content (AvgIpc) is 3.58. The molecular weight excluding hydrogens is 453 g/mol. The number of carbonyl (C=O) groups excluding carboxylic acids is 3. The van der Waals surface area contributed by atoms with Gasteiger partial charge in [0.2, 0.25) is 11.8 Å². The molecule has 35 heavy (non-hydrogen) atoms. The molecule has 0 spiro atoms. The fourth-order valence-electron chi connectivity index (χ4n) is 4.05. The van der Waals surface area contributed by atoms with Crippen molar-refractivity contribution in [1.29, 1.82) is 0 Å². The van der Waals surface area contributed by atoms with Gasteiger partial charge in [-0.1, -0.05) is 91.0 Å². The third-order valence-electron chi connectivity index (χ3n) is 5.87. The normalized spacial score (nSPS) is 19.0. The van der Waals surface area contributed by atoms with Crippen molar-refractivity contribution in [2.75, 3.05) is 0 Å². The summed E-state index contributed by atoms with van der Waals surface area (Å²) in [4.78, 5) is 39.3. The van der Waals surface area contributed by atoms with Crippen LogP contribution in [0.4, 0.5) is 0 Å². The number of hydrogen-bond acceptors (Lipinski definition) is 5. The van der Waals surface area contributed by atoms with Gasteiger partial charge in [-0.2, -0.15) is 0 Å². The van der Waals surface area contributed by atoms with Gasteiger partial charge in [0.15, 0.2) is 0 Å². The van der Waals surface area contributed by atoms with Crippen molar-refractivity contribution in [3.05, 3.63) is 108 Å². The van der Waals surface area contributed by atoms with Gasteiger partial charge in [-0.3, -0.25) is 14.5 Å². The summed E-state index contributed by atoms with van der Waals surface area (Å²) in [5, 5.41) is 17.3. The van der Waals surface area contributed by atoms with E-state index in [2.05, 4.69) is 10.6 Å². The number of carboxylic acid groups (broad SMARTS) is 1. The second-order valence-corrected chi connectivity index (χ2v) is 8.32. The first-order valence-electron chi connectivity index (χ1n) is 11.2. The Kier molecular flexibility index (Phi) is 9.63. The Morgan fingerprint density at radius 1 is 0.771 bits per heavy atom. The smallest absolute Gasteiger partial charge is 0.548 e. The van der Waals surface area contributed by atoms with Crippen LogP contribution in [0.15, 0.2) is 91.0 Å². The maximum Gasteiger partial charge on any atom is 1.00 e. The van der Waals surface area contributed by atoms with Gasteiger partial charge in [0.05, 0.1) is 12.0 Å². The van der Waals surface area contributed by atoms with E-state index < -0.39 is 30.0 Å². The second kappa shape index (κ2) is 12.7. The minimum atomic E-state index is -1.30. The Morgan fingerprint density at radius 3 is 1.83 bits per heavy atom. The fourth-order valence-corrected chi connectivity index (χ4v) is 4.05. The van der Waals surface area contributed by atoms with Crippen molar-refractivity contribution in [1.82, 2.24) is 15.5 Å². The molecule has 7 nitrogen and oxygen atoms in total. The summed E-state index contributed by atoms with van der Waals surface area (Å²) in [6.07, 6.45) is 0.286. The van der Waals surface area contributed by atoms with Crippen LogP contribution < -0.4 is 45.3 Å². The molecule has 3 aromatic rings. The maximum absolute atomic E-state index is 13.1. The van der Waals surface area contributed by atoms with Crippen molar-refractivity contribution >= 4 is 17.8 Å². The molecule has 1 fully saturated rings. The number of rotatable bonds is 10. The summed E-state index contributed by atoms with van der Waals surface area (Å²) in [6.45, 7) is 0.632. The number of nitrogens with zero attached hydrogens (tertiary/aromatic N) is 1. The Bertz CT molecular complexity index is 1130. The van der Waals surface area contributed by atoms with Gasteiger partial charge in [-0.25, -0.2) is 0 Å². The van der Waals surface area contributed by atoms with E-state index >= 15 is 0 Å². The van der Waals surface area contributed by atoms with Crippen molar-refractivity contribution in [3.8, 4) is 0 Å². The molecule has 8 heteroatoms. The third kappa shape index (κ3) is 7.26. The second-order valence-electron chi connectivity index (χ2n) is 8.32. The summed E-state index contributed by atoms with van der Waals surface area (Å²) < 4.78 is 0. The van der Waals surface area contributed by atoms with Gasteiger partial charge in [0.1, 0.15) is 12.1 Å². The summed E-state index contributed by atoms with van der Waals surface area (Å²) in [7, 11) is 0. The van der Waals surface area contributed by atoms with E-state index in [1.807, 2.05) is 91.0 Å². The summed E-state index contributed by atoms with van der Waals surface area (Å²) in [5.41, 5.74) is 2.72. The summed E-state index contributed by atoms with van der Waals surface area (Å²) in [5.74, 6) is -2.13. The Labute approximate surface area is 226 Å². The number of nitrogens with one attached hydrogen (secondary N) is 2. The molecule has 174 valence electrons. The Morgan fingerprint density at radius 2 is 1.29 bits per heavy atom. The van der Waals surface area contributed by atoms with Crippen molar-refractivity contribution in [2.45, 2.75) is 37.6 Å². The molecule has 2 amide bonds. The van der Waals surface area contributed by atoms with Crippen LogP contribution >= 0.6 is 0 Å². The molecule has 0 aliphatic carbocycles. The van der Waals surface area contributed by atoms with E-state index in [4.69, 9.17) is 0 Å². The number of amides is 2. The Balaban J connectivity index is 0.00000342. The van der Waals surface area contributed by atoms with E-state index in [1.165, 1.54) is 0 Å². The molecule has 0 aromatic heterocycles. The minimum absolute atomic E-state index is 0. The van der Waals surface area contributed by atoms with Gasteiger partial charge in [-0.15, -0.1) is 0 Å². The quantitative estimate of drug-likeness (QED) is 0.260. The van der Waals surface area contributed by atoms with Gasteiger partial charge < -0.3 is 20.5 Å². The van der Waals surface area contributed by atoms with Crippen LogP contribution in [0.25, 0.3) is 0 Å². The number of carbonyl (C=O) groups is 3. The van der Waals surface area contributed by atoms with E-state index in [1.54, 1.807) is 4.90 Å². The van der Waals surface area contributed by atoms with Gasteiger partial charge in [0.25, 0.3) is 0 Å². The molecule has 0 radical (unpaired) electrons. The molecule has 1 aliphatic heterocycles. The number of benzene rings is 3. The van der Waals surface area contributed by atoms with E-state index in [0.29, 0.717) is 13.1 Å². The summed E-state index contributed by atoms with van der Waals surface area (Å²) >= 11 is 0. The SMILES string of the molecule is O=C(NCc1ccccc1)[C@H](Cc1ccccc1)NC(=O)[C@@H]1[C@@H](C(=O)[O-])N1Cc1ccccc1.[Na+]. The van der Waals surface area contributed by atoms with Gasteiger partial charge >= 0.3 is 29.6 Å². The van der Waals surface area contributed by atoms with E-state index in [9.17, 15) is 19.5 Å². The van der Waals surface area contributed by atoms with Crippen molar-refractivity contribution < 1.29 is 49.0 Å². The third-order valence-corrected chi connectivity index (χ3v) is 5.87. The zero-order chi connectivity index (χ0) is 23.9.